The van der Waals surface area contributed by atoms with Gasteiger partial charge in [0.05, 0.1) is 6.10 Å². The number of ether oxygens (including phenoxy) is 1. The van der Waals surface area contributed by atoms with Crippen LogP contribution in [0.4, 0.5) is 0 Å². The van der Waals surface area contributed by atoms with Gasteiger partial charge in [0.25, 0.3) is 0 Å². The molecule has 0 N–H and O–H groups in total. The van der Waals surface area contributed by atoms with E-state index in [1.807, 2.05) is 0 Å². The molecule has 0 aromatic rings. The zero-order valence-electron chi connectivity index (χ0n) is 10.4. The molecule has 0 aromatic carbocycles. The maximum atomic E-state index is 11.2. The van der Waals surface area contributed by atoms with Gasteiger partial charge in [-0.3, -0.25) is 4.79 Å². The van der Waals surface area contributed by atoms with Crippen LogP contribution in [0.25, 0.3) is 0 Å². The van der Waals surface area contributed by atoms with Gasteiger partial charge >= 0.3 is 0 Å². The van der Waals surface area contributed by atoms with Crippen molar-refractivity contribution in [3.05, 3.63) is 0 Å². The molecule has 0 radical (unpaired) electrons. The number of Topliss-reactive ketones (excluding diaryl/α,β-unsaturated/α-hetero) is 1. The van der Waals surface area contributed by atoms with Crippen LogP contribution in [0.15, 0.2) is 0 Å². The minimum atomic E-state index is 0.455. The van der Waals surface area contributed by atoms with Gasteiger partial charge in [0.1, 0.15) is 5.78 Å². The van der Waals surface area contributed by atoms with Gasteiger partial charge in [-0.25, -0.2) is 0 Å². The van der Waals surface area contributed by atoms with Crippen LogP contribution in [0.1, 0.15) is 58.3 Å². The normalized spacial score (nSPS) is 32.9. The van der Waals surface area contributed by atoms with Crippen LogP contribution < -0.4 is 0 Å². The fourth-order valence-corrected chi connectivity index (χ4v) is 3.17. The lowest BCUT2D eigenvalue weighted by molar-refractivity contribution is -0.123. The Morgan fingerprint density at radius 2 is 1.94 bits per heavy atom. The van der Waals surface area contributed by atoms with Crippen LogP contribution in [0.5, 0.6) is 0 Å². The van der Waals surface area contributed by atoms with Crippen molar-refractivity contribution in [2.24, 2.45) is 11.8 Å². The molecule has 2 atom stereocenters. The molecule has 1 aliphatic carbocycles. The Balaban J connectivity index is 1.74. The highest BCUT2D eigenvalue weighted by Crippen LogP contribution is 2.33. The van der Waals surface area contributed by atoms with Crippen molar-refractivity contribution in [1.29, 1.82) is 0 Å². The van der Waals surface area contributed by atoms with E-state index >= 15 is 0 Å². The minimum Gasteiger partial charge on any atom is -0.378 e. The quantitative estimate of drug-likeness (QED) is 0.735. The topological polar surface area (TPSA) is 26.3 Å². The number of hydrogen-bond acceptors (Lipinski definition) is 2. The molecule has 0 bridgehead atoms. The Morgan fingerprint density at radius 3 is 2.50 bits per heavy atom. The second-order valence-corrected chi connectivity index (χ2v) is 5.48. The highest BCUT2D eigenvalue weighted by molar-refractivity contribution is 5.79. The lowest BCUT2D eigenvalue weighted by Crippen LogP contribution is -2.34. The fourth-order valence-electron chi connectivity index (χ4n) is 3.17. The van der Waals surface area contributed by atoms with Gasteiger partial charge in [0.2, 0.25) is 0 Å². The predicted molar refractivity (Wildman–Crippen MR) is 64.3 cm³/mol. The third-order valence-electron chi connectivity index (χ3n) is 4.22. The summed E-state index contributed by atoms with van der Waals surface area (Å²) in [4.78, 5) is 11.2. The molecular weight excluding hydrogens is 200 g/mol. The third kappa shape index (κ3) is 3.07. The Morgan fingerprint density at radius 1 is 1.19 bits per heavy atom. The highest BCUT2D eigenvalue weighted by Gasteiger charge is 2.30. The molecule has 2 unspecified atom stereocenters. The molecule has 0 amide bonds. The number of carbonyl (C=O) groups excluding carboxylic acids is 1. The van der Waals surface area contributed by atoms with Crippen molar-refractivity contribution in [3.63, 3.8) is 0 Å². The van der Waals surface area contributed by atoms with E-state index in [0.29, 0.717) is 17.8 Å². The van der Waals surface area contributed by atoms with Crippen LogP contribution in [0.2, 0.25) is 0 Å². The summed E-state index contributed by atoms with van der Waals surface area (Å²) in [5.74, 6) is 1.92. The van der Waals surface area contributed by atoms with Gasteiger partial charge < -0.3 is 4.74 Å². The van der Waals surface area contributed by atoms with E-state index in [-0.39, 0.29) is 0 Å². The zero-order chi connectivity index (χ0) is 11.4. The van der Waals surface area contributed by atoms with Gasteiger partial charge in [0.15, 0.2) is 0 Å². The summed E-state index contributed by atoms with van der Waals surface area (Å²) in [6.07, 6.45) is 9.34. The van der Waals surface area contributed by atoms with Crippen molar-refractivity contribution < 1.29 is 9.53 Å². The monoisotopic (exact) mass is 224 g/mol. The fraction of sp³-hybridized carbons (Fsp3) is 0.929. The standard InChI is InChI=1S/C14H24O2/c1-2-3-11-4-9-14(16-10-11)12-5-7-13(15)8-6-12/h11-12,14H,2-10H2,1H3. The van der Waals surface area contributed by atoms with Crippen molar-refractivity contribution in [2.75, 3.05) is 6.61 Å². The average molecular weight is 224 g/mol. The summed E-state index contributed by atoms with van der Waals surface area (Å²) < 4.78 is 6.01. The predicted octanol–water partition coefficient (Wildman–Crippen LogP) is 3.34. The lowest BCUT2D eigenvalue weighted by atomic mass is 9.80. The van der Waals surface area contributed by atoms with Gasteiger partial charge in [-0.2, -0.15) is 0 Å². The lowest BCUT2D eigenvalue weighted by Gasteiger charge is -2.35. The van der Waals surface area contributed by atoms with Gasteiger partial charge in [0, 0.05) is 19.4 Å². The second kappa shape index (κ2) is 5.81. The van der Waals surface area contributed by atoms with Gasteiger partial charge in [-0.1, -0.05) is 13.3 Å². The van der Waals surface area contributed by atoms with Crippen molar-refractivity contribution in [3.8, 4) is 0 Å². The molecule has 1 saturated heterocycles. The van der Waals surface area contributed by atoms with Crippen LogP contribution in [0.3, 0.4) is 0 Å². The van der Waals surface area contributed by atoms with Gasteiger partial charge in [-0.15, -0.1) is 0 Å². The summed E-state index contributed by atoms with van der Waals surface area (Å²) in [5, 5.41) is 0. The molecule has 2 nitrogen and oxygen atoms in total. The molecule has 1 heterocycles. The van der Waals surface area contributed by atoms with E-state index in [4.69, 9.17) is 4.74 Å². The van der Waals surface area contributed by atoms with E-state index in [1.54, 1.807) is 0 Å². The van der Waals surface area contributed by atoms with Crippen molar-refractivity contribution in [2.45, 2.75) is 64.4 Å². The summed E-state index contributed by atoms with van der Waals surface area (Å²) in [6.45, 7) is 3.21. The summed E-state index contributed by atoms with van der Waals surface area (Å²) in [7, 11) is 0. The Bertz CT molecular complexity index is 219. The average Bonchev–Trinajstić information content (AvgIpc) is 2.32. The molecule has 2 rings (SSSR count). The van der Waals surface area contributed by atoms with Crippen LogP contribution in [-0.4, -0.2) is 18.5 Å². The first-order valence-electron chi connectivity index (χ1n) is 6.93. The maximum absolute atomic E-state index is 11.2. The molecule has 2 heteroatoms. The van der Waals surface area contributed by atoms with E-state index in [2.05, 4.69) is 6.92 Å². The van der Waals surface area contributed by atoms with E-state index < -0.39 is 0 Å². The molecule has 1 saturated carbocycles. The van der Waals surface area contributed by atoms with E-state index in [1.165, 1.54) is 25.7 Å². The Labute approximate surface area is 98.7 Å². The molecule has 0 aromatic heterocycles. The van der Waals surface area contributed by atoms with Crippen molar-refractivity contribution in [1.82, 2.24) is 0 Å². The summed E-state index contributed by atoms with van der Waals surface area (Å²) >= 11 is 0. The molecule has 2 aliphatic rings. The molecule has 2 fully saturated rings. The molecular formula is C14H24O2. The molecule has 92 valence electrons. The van der Waals surface area contributed by atoms with Crippen LogP contribution in [-0.2, 0) is 9.53 Å². The first-order chi connectivity index (χ1) is 7.79. The maximum Gasteiger partial charge on any atom is 0.132 e. The number of carbonyl (C=O) groups is 1. The molecule has 16 heavy (non-hydrogen) atoms. The summed E-state index contributed by atoms with van der Waals surface area (Å²) in [5.41, 5.74) is 0. The number of hydrogen-bond donors (Lipinski definition) is 0. The molecule has 0 spiro atoms. The summed E-state index contributed by atoms with van der Waals surface area (Å²) in [6, 6.07) is 0. The van der Waals surface area contributed by atoms with Crippen LogP contribution in [0, 0.1) is 11.8 Å². The molecule has 1 aliphatic heterocycles. The minimum absolute atomic E-state index is 0.455. The van der Waals surface area contributed by atoms with E-state index in [0.717, 1.165) is 38.2 Å². The smallest absolute Gasteiger partial charge is 0.132 e. The Hall–Kier alpha value is -0.370. The highest BCUT2D eigenvalue weighted by atomic mass is 16.5. The van der Waals surface area contributed by atoms with E-state index in [9.17, 15) is 4.79 Å². The first-order valence-corrected chi connectivity index (χ1v) is 6.93. The van der Waals surface area contributed by atoms with Crippen LogP contribution >= 0.6 is 0 Å². The van der Waals surface area contributed by atoms with Crippen molar-refractivity contribution >= 4 is 5.78 Å². The first kappa shape index (κ1) is 12.1. The second-order valence-electron chi connectivity index (χ2n) is 5.48. The largest absolute Gasteiger partial charge is 0.378 e. The van der Waals surface area contributed by atoms with Gasteiger partial charge in [-0.05, 0) is 43.9 Å². The third-order valence-corrected chi connectivity index (χ3v) is 4.22. The number of ketones is 1. The SMILES string of the molecule is CCCC1CCC(C2CCC(=O)CC2)OC1. The zero-order valence-corrected chi connectivity index (χ0v) is 10.4. The Kier molecular flexibility index (Phi) is 4.39. The number of rotatable bonds is 3.